The van der Waals surface area contributed by atoms with E-state index in [2.05, 4.69) is 20.2 Å². The summed E-state index contributed by atoms with van der Waals surface area (Å²) in [5.74, 6) is -2.06. The highest BCUT2D eigenvalue weighted by molar-refractivity contribution is 6.62. The summed E-state index contributed by atoms with van der Waals surface area (Å²) in [6, 6.07) is 4.17. The number of rotatable bonds is 8. The van der Waals surface area contributed by atoms with Gasteiger partial charge in [-0.3, -0.25) is 15.4 Å². The Bertz CT molecular complexity index is 986. The molecule has 186 valence electrons. The number of carbonyl (C=O) groups is 4. The second-order valence-corrected chi connectivity index (χ2v) is 8.85. The molecule has 0 aliphatic heterocycles. The van der Waals surface area contributed by atoms with Crippen molar-refractivity contribution in [2.45, 2.75) is 59.7 Å². The van der Waals surface area contributed by atoms with Gasteiger partial charge in [0.15, 0.2) is 6.61 Å². The molecule has 12 nitrogen and oxygen atoms in total. The molecule has 0 aromatic heterocycles. The third kappa shape index (κ3) is 10.1. The van der Waals surface area contributed by atoms with Crippen LogP contribution in [0.5, 0.6) is 5.75 Å². The van der Waals surface area contributed by atoms with Gasteiger partial charge in [-0.15, -0.1) is 0 Å². The fourth-order valence-electron chi connectivity index (χ4n) is 2.29. The lowest BCUT2D eigenvalue weighted by molar-refractivity contribution is -0.142. The third-order valence-electron chi connectivity index (χ3n) is 3.45. The van der Waals surface area contributed by atoms with Crippen LogP contribution >= 0.6 is 0 Å². The van der Waals surface area contributed by atoms with Gasteiger partial charge in [0.2, 0.25) is 0 Å². The van der Waals surface area contributed by atoms with Crippen molar-refractivity contribution in [2.24, 2.45) is 0 Å². The van der Waals surface area contributed by atoms with Crippen LogP contribution in [-0.4, -0.2) is 58.9 Å². The van der Waals surface area contributed by atoms with Gasteiger partial charge >= 0.3 is 23.9 Å². The number of nitrogens with zero attached hydrogens (tertiary/aromatic N) is 2. The Kier molecular flexibility index (Phi) is 9.76. The van der Waals surface area contributed by atoms with Gasteiger partial charge < -0.3 is 24.5 Å². The van der Waals surface area contributed by atoms with E-state index in [9.17, 15) is 19.2 Å². The molecule has 0 aliphatic carbocycles. The zero-order valence-electron chi connectivity index (χ0n) is 20.3. The maximum Gasteiger partial charge on any atom is 0.445 e. The van der Waals surface area contributed by atoms with Crippen LogP contribution in [0.4, 0.5) is 21.0 Å². The van der Waals surface area contributed by atoms with Crippen LogP contribution in [0.3, 0.4) is 0 Å². The lowest BCUT2D eigenvalue weighted by atomic mass is 10.2. The summed E-state index contributed by atoms with van der Waals surface area (Å²) in [7, 11) is 0. The number of esters is 1. The van der Waals surface area contributed by atoms with Crippen molar-refractivity contribution in [3.63, 3.8) is 0 Å². The van der Waals surface area contributed by atoms with Gasteiger partial charge in [0.1, 0.15) is 17.0 Å². The van der Waals surface area contributed by atoms with Crippen molar-refractivity contribution >= 4 is 41.0 Å². The topological polar surface area (TPSA) is 166 Å². The molecule has 0 heterocycles. The van der Waals surface area contributed by atoms with Crippen molar-refractivity contribution < 1.29 is 42.9 Å². The molecule has 12 heteroatoms. The number of ether oxygens (including phenoxy) is 4. The van der Waals surface area contributed by atoms with Crippen molar-refractivity contribution in [3.8, 4) is 5.75 Å². The van der Waals surface area contributed by atoms with Crippen LogP contribution in [0.15, 0.2) is 18.2 Å². The first-order valence-electron chi connectivity index (χ1n) is 10.3. The predicted molar refractivity (Wildman–Crippen MR) is 122 cm³/mol. The summed E-state index contributed by atoms with van der Waals surface area (Å²) in [4.78, 5) is 50.9. The highest BCUT2D eigenvalue weighted by atomic mass is 16.6. The van der Waals surface area contributed by atoms with E-state index in [1.54, 1.807) is 41.5 Å². The van der Waals surface area contributed by atoms with E-state index in [-0.39, 0.29) is 23.7 Å². The quantitative estimate of drug-likeness (QED) is 0.143. The number of hydrogen-bond donors (Lipinski definition) is 2. The van der Waals surface area contributed by atoms with Crippen LogP contribution in [0.1, 0.15) is 48.5 Å². The van der Waals surface area contributed by atoms with Gasteiger partial charge in [-0.2, -0.15) is 4.79 Å². The first-order valence-corrected chi connectivity index (χ1v) is 10.3. The van der Waals surface area contributed by atoms with Gasteiger partial charge in [-0.1, -0.05) is 0 Å². The molecule has 0 atom stereocenters. The summed E-state index contributed by atoms with van der Waals surface area (Å²) >= 11 is 0. The molecule has 34 heavy (non-hydrogen) atoms. The largest absolute Gasteiger partial charge is 0.483 e. The molecule has 0 aliphatic rings. The number of benzene rings is 1. The maximum atomic E-state index is 12.3. The molecule has 1 aromatic rings. The Labute approximate surface area is 197 Å². The van der Waals surface area contributed by atoms with Gasteiger partial charge in [0.05, 0.1) is 12.3 Å². The molecular weight excluding hydrogens is 448 g/mol. The number of nitrogens with one attached hydrogen (secondary N) is 2. The van der Waals surface area contributed by atoms with Gasteiger partial charge in [0.25, 0.3) is 5.78 Å². The number of carbonyl (C=O) groups excluding carboxylic acids is 4. The Balaban J connectivity index is 3.12. The number of ketones is 1. The van der Waals surface area contributed by atoms with E-state index >= 15 is 0 Å². The average molecular weight is 479 g/mol. The van der Waals surface area contributed by atoms with E-state index in [0.29, 0.717) is 0 Å². The average Bonchev–Trinajstić information content (AvgIpc) is 2.65. The normalized spacial score (nSPS) is 10.9. The van der Waals surface area contributed by atoms with E-state index in [1.165, 1.54) is 25.1 Å². The van der Waals surface area contributed by atoms with Crippen LogP contribution in [-0.2, 0) is 23.8 Å². The van der Waals surface area contributed by atoms with Gasteiger partial charge in [0, 0.05) is 5.69 Å². The van der Waals surface area contributed by atoms with Gasteiger partial charge in [-0.25, -0.2) is 14.4 Å². The summed E-state index contributed by atoms with van der Waals surface area (Å²) in [6.07, 6.45) is -1.54. The summed E-state index contributed by atoms with van der Waals surface area (Å²) in [5.41, 5.74) is 6.90. The van der Waals surface area contributed by atoms with Crippen LogP contribution < -0.4 is 15.4 Å². The van der Waals surface area contributed by atoms with Crippen molar-refractivity contribution in [3.05, 3.63) is 23.7 Å². The minimum absolute atomic E-state index is 0.00935. The molecule has 2 N–H and O–H groups in total. The summed E-state index contributed by atoms with van der Waals surface area (Å²) in [6.45, 7) is 10.9. The molecule has 0 bridgehead atoms. The van der Waals surface area contributed by atoms with E-state index < -0.39 is 47.5 Å². The monoisotopic (exact) mass is 478 g/mol. The molecule has 0 unspecified atom stereocenters. The number of anilines is 2. The fraction of sp³-hybridized carbons (Fsp3) is 0.500. The molecule has 0 fully saturated rings. The number of amides is 2. The minimum atomic E-state index is -1.11. The fourth-order valence-corrected chi connectivity index (χ4v) is 2.29. The Hall–Kier alpha value is -3.92. The van der Waals surface area contributed by atoms with E-state index in [1.807, 2.05) is 0 Å². The first-order chi connectivity index (χ1) is 15.6. The molecule has 0 saturated carbocycles. The standard InChI is InChI=1S/C22H30N4O8/c1-8-31-18(28)17(26-23)15(27)12-32-16-10-9-13(24-19(29)33-21(2,3)4)11-14(16)25-20(30)34-22(5,6)7/h9-11H,8,12H2,1-7H3,(H,24,29)(H,25,30). The van der Waals surface area contributed by atoms with Crippen LogP contribution in [0.25, 0.3) is 5.53 Å². The third-order valence-corrected chi connectivity index (χ3v) is 3.45. The Morgan fingerprint density at radius 3 is 2.00 bits per heavy atom. The predicted octanol–water partition coefficient (Wildman–Crippen LogP) is 3.56. The van der Waals surface area contributed by atoms with E-state index in [0.717, 1.165) is 0 Å². The Morgan fingerprint density at radius 2 is 1.50 bits per heavy atom. The molecule has 1 rings (SSSR count). The molecular formula is C22H30N4O8. The second kappa shape index (κ2) is 11.8. The van der Waals surface area contributed by atoms with Crippen molar-refractivity contribution in [1.29, 1.82) is 0 Å². The minimum Gasteiger partial charge on any atom is -0.483 e. The van der Waals surface area contributed by atoms with E-state index in [4.69, 9.17) is 19.7 Å². The van der Waals surface area contributed by atoms with Gasteiger partial charge in [-0.05, 0) is 66.7 Å². The maximum absolute atomic E-state index is 12.3. The van der Waals surface area contributed by atoms with Crippen LogP contribution in [0.2, 0.25) is 0 Å². The zero-order valence-corrected chi connectivity index (χ0v) is 20.3. The molecule has 0 saturated heterocycles. The molecule has 0 spiro atoms. The molecule has 0 radical (unpaired) electrons. The van der Waals surface area contributed by atoms with Crippen molar-refractivity contribution in [1.82, 2.24) is 0 Å². The number of hydrogen-bond acceptors (Lipinski definition) is 8. The number of Topliss-reactive ketones (excluding diaryl/α,β-unsaturated/α-hetero) is 1. The first kappa shape index (κ1) is 28.1. The smallest absolute Gasteiger partial charge is 0.445 e. The molecule has 2 amide bonds. The SMILES string of the molecule is CCOC(=O)C(=[N+]=[N-])C(=O)COc1ccc(NC(=O)OC(C)(C)C)cc1NC(=O)OC(C)(C)C. The lowest BCUT2D eigenvalue weighted by Crippen LogP contribution is -2.31. The molecule has 1 aromatic carbocycles. The summed E-state index contributed by atoms with van der Waals surface area (Å²) in [5, 5.41) is 5.00. The van der Waals surface area contributed by atoms with Crippen molar-refractivity contribution in [2.75, 3.05) is 23.8 Å². The highest BCUT2D eigenvalue weighted by Gasteiger charge is 2.31. The highest BCUT2D eigenvalue weighted by Crippen LogP contribution is 2.29. The lowest BCUT2D eigenvalue weighted by Gasteiger charge is -2.21. The Morgan fingerprint density at radius 1 is 0.941 bits per heavy atom. The second-order valence-electron chi connectivity index (χ2n) is 8.85. The van der Waals surface area contributed by atoms with Crippen LogP contribution in [0, 0.1) is 0 Å². The zero-order chi connectivity index (χ0) is 26.1. The summed E-state index contributed by atoms with van der Waals surface area (Å²) < 4.78 is 20.5.